The molecule has 2 rings (SSSR count). The van der Waals surface area contributed by atoms with E-state index in [1.54, 1.807) is 0 Å². The molecule has 5 heteroatoms. The Morgan fingerprint density at radius 2 is 2.00 bits per heavy atom. The van der Waals surface area contributed by atoms with Gasteiger partial charge >= 0.3 is 0 Å². The number of benzene rings is 1. The molecule has 0 bridgehead atoms. The second-order valence-corrected chi connectivity index (χ2v) is 4.59. The van der Waals surface area contributed by atoms with E-state index in [0.29, 0.717) is 24.4 Å². The van der Waals surface area contributed by atoms with Gasteiger partial charge in [0, 0.05) is 12.5 Å². The van der Waals surface area contributed by atoms with Crippen LogP contribution in [0, 0.1) is 0 Å². The Labute approximate surface area is 119 Å². The van der Waals surface area contributed by atoms with Gasteiger partial charge in [-0.3, -0.25) is 0 Å². The third-order valence-corrected chi connectivity index (χ3v) is 3.07. The quantitative estimate of drug-likeness (QED) is 0.842. The van der Waals surface area contributed by atoms with Crippen molar-refractivity contribution >= 4 is 0 Å². The van der Waals surface area contributed by atoms with Crippen LogP contribution in [0.5, 0.6) is 5.75 Å². The van der Waals surface area contributed by atoms with E-state index in [9.17, 15) is 0 Å². The minimum absolute atomic E-state index is 0.325. The normalized spacial score (nSPS) is 12.3. The maximum atomic E-state index is 5.64. The van der Waals surface area contributed by atoms with Crippen molar-refractivity contribution in [2.24, 2.45) is 0 Å². The molecule has 20 heavy (non-hydrogen) atoms. The Morgan fingerprint density at radius 3 is 2.60 bits per heavy atom. The van der Waals surface area contributed by atoms with Crippen molar-refractivity contribution in [3.63, 3.8) is 0 Å². The van der Waals surface area contributed by atoms with Crippen LogP contribution in [0.3, 0.4) is 0 Å². The molecule has 0 saturated heterocycles. The molecule has 0 saturated carbocycles. The second kappa shape index (κ2) is 7.05. The average molecular weight is 275 g/mol. The lowest BCUT2D eigenvalue weighted by atomic mass is 10.1. The smallest absolute Gasteiger partial charge is 0.226 e. The number of hydrogen-bond donors (Lipinski definition) is 1. The third kappa shape index (κ3) is 3.81. The summed E-state index contributed by atoms with van der Waals surface area (Å²) in [7, 11) is 0. The van der Waals surface area contributed by atoms with Gasteiger partial charge in [0.25, 0.3) is 0 Å². The highest BCUT2D eigenvalue weighted by Gasteiger charge is 2.06. The number of aryl methyl sites for hydroxylation is 1. The van der Waals surface area contributed by atoms with Crippen LogP contribution in [0.15, 0.2) is 28.8 Å². The summed E-state index contributed by atoms with van der Waals surface area (Å²) in [5, 5.41) is 7.23. The second-order valence-electron chi connectivity index (χ2n) is 4.59. The Balaban J connectivity index is 1.90. The van der Waals surface area contributed by atoms with E-state index in [2.05, 4.69) is 41.4 Å². The van der Waals surface area contributed by atoms with Gasteiger partial charge in [0.05, 0.1) is 0 Å². The summed E-state index contributed by atoms with van der Waals surface area (Å²) in [5.41, 5.74) is 1.24. The summed E-state index contributed by atoms with van der Waals surface area (Å²) in [4.78, 5) is 4.20. The molecule has 0 aliphatic rings. The van der Waals surface area contributed by atoms with Gasteiger partial charge in [-0.15, -0.1) is 0 Å². The highest BCUT2D eigenvalue weighted by Crippen LogP contribution is 2.18. The standard InChI is InChI=1S/C15H21N3O2/c1-4-15-17-14(18-20-15)10-19-13-8-6-12(7-9-13)11(3)16-5-2/h6-9,11,16H,4-5,10H2,1-3H3. The van der Waals surface area contributed by atoms with Crippen LogP contribution in [0.1, 0.15) is 44.1 Å². The van der Waals surface area contributed by atoms with Crippen LogP contribution in [-0.2, 0) is 13.0 Å². The van der Waals surface area contributed by atoms with Gasteiger partial charge in [0.1, 0.15) is 5.75 Å². The summed E-state index contributed by atoms with van der Waals surface area (Å²) in [6.45, 7) is 7.50. The van der Waals surface area contributed by atoms with Crippen molar-refractivity contribution in [2.45, 2.75) is 39.8 Å². The van der Waals surface area contributed by atoms with Gasteiger partial charge < -0.3 is 14.6 Å². The van der Waals surface area contributed by atoms with E-state index in [0.717, 1.165) is 18.7 Å². The van der Waals surface area contributed by atoms with E-state index in [-0.39, 0.29) is 0 Å². The number of hydrogen-bond acceptors (Lipinski definition) is 5. The minimum Gasteiger partial charge on any atom is -0.485 e. The highest BCUT2D eigenvalue weighted by molar-refractivity contribution is 5.29. The highest BCUT2D eigenvalue weighted by atomic mass is 16.5. The summed E-state index contributed by atoms with van der Waals surface area (Å²) in [6.07, 6.45) is 0.740. The van der Waals surface area contributed by atoms with Gasteiger partial charge in [-0.2, -0.15) is 4.98 Å². The fraction of sp³-hybridized carbons (Fsp3) is 0.467. The predicted octanol–water partition coefficient (Wildman–Crippen LogP) is 2.88. The van der Waals surface area contributed by atoms with Crippen molar-refractivity contribution in [1.29, 1.82) is 0 Å². The first kappa shape index (κ1) is 14.5. The number of aromatic nitrogens is 2. The Kier molecular flexibility index (Phi) is 5.12. The molecule has 1 unspecified atom stereocenters. The number of rotatable bonds is 7. The van der Waals surface area contributed by atoms with Crippen LogP contribution >= 0.6 is 0 Å². The minimum atomic E-state index is 0.325. The lowest BCUT2D eigenvalue weighted by Gasteiger charge is -2.13. The zero-order chi connectivity index (χ0) is 14.4. The predicted molar refractivity (Wildman–Crippen MR) is 76.5 cm³/mol. The van der Waals surface area contributed by atoms with Gasteiger partial charge in [0.15, 0.2) is 6.61 Å². The third-order valence-electron chi connectivity index (χ3n) is 3.07. The van der Waals surface area contributed by atoms with Crippen LogP contribution < -0.4 is 10.1 Å². The summed E-state index contributed by atoms with van der Waals surface area (Å²) >= 11 is 0. The Bertz CT molecular complexity index is 522. The maximum absolute atomic E-state index is 5.64. The Hall–Kier alpha value is -1.88. The molecule has 0 aliphatic carbocycles. The van der Waals surface area contributed by atoms with Crippen molar-refractivity contribution in [2.75, 3.05) is 6.54 Å². The summed E-state index contributed by atoms with van der Waals surface area (Å²) in [6, 6.07) is 8.40. The lowest BCUT2D eigenvalue weighted by molar-refractivity contribution is 0.285. The first-order valence-corrected chi connectivity index (χ1v) is 7.00. The molecule has 1 aromatic carbocycles. The summed E-state index contributed by atoms with van der Waals surface area (Å²) in [5.74, 6) is 2.02. The monoisotopic (exact) mass is 275 g/mol. The van der Waals surface area contributed by atoms with E-state index < -0.39 is 0 Å². The van der Waals surface area contributed by atoms with Gasteiger partial charge in [0.2, 0.25) is 11.7 Å². The first-order valence-electron chi connectivity index (χ1n) is 7.00. The topological polar surface area (TPSA) is 60.2 Å². The van der Waals surface area contributed by atoms with Gasteiger partial charge in [-0.1, -0.05) is 31.1 Å². The Morgan fingerprint density at radius 1 is 1.25 bits per heavy atom. The van der Waals surface area contributed by atoms with E-state index in [1.165, 1.54) is 5.56 Å². The molecule has 0 spiro atoms. The summed E-state index contributed by atoms with van der Waals surface area (Å²) < 4.78 is 10.7. The van der Waals surface area contributed by atoms with E-state index >= 15 is 0 Å². The zero-order valence-electron chi connectivity index (χ0n) is 12.2. The fourth-order valence-electron chi connectivity index (χ4n) is 1.92. The van der Waals surface area contributed by atoms with Crippen molar-refractivity contribution in [3.05, 3.63) is 41.5 Å². The number of ether oxygens (including phenoxy) is 1. The molecule has 0 amide bonds. The molecule has 5 nitrogen and oxygen atoms in total. The van der Waals surface area contributed by atoms with Crippen LogP contribution in [-0.4, -0.2) is 16.7 Å². The molecule has 1 atom stereocenters. The molecule has 0 aliphatic heterocycles. The lowest BCUT2D eigenvalue weighted by Crippen LogP contribution is -2.17. The molecule has 1 N–H and O–H groups in total. The van der Waals surface area contributed by atoms with Crippen LogP contribution in [0.4, 0.5) is 0 Å². The average Bonchev–Trinajstić information content (AvgIpc) is 2.94. The zero-order valence-corrected chi connectivity index (χ0v) is 12.2. The molecule has 2 aromatic rings. The molecule has 108 valence electrons. The van der Waals surface area contributed by atoms with Crippen molar-refractivity contribution in [3.8, 4) is 5.75 Å². The van der Waals surface area contributed by atoms with Crippen molar-refractivity contribution in [1.82, 2.24) is 15.5 Å². The van der Waals surface area contributed by atoms with E-state index in [1.807, 2.05) is 19.1 Å². The molecule has 0 fully saturated rings. The molecular weight excluding hydrogens is 254 g/mol. The number of nitrogens with zero attached hydrogens (tertiary/aromatic N) is 2. The fourth-order valence-corrected chi connectivity index (χ4v) is 1.92. The van der Waals surface area contributed by atoms with Crippen LogP contribution in [0.2, 0.25) is 0 Å². The SMILES string of the molecule is CCNC(C)c1ccc(OCc2noc(CC)n2)cc1. The van der Waals surface area contributed by atoms with E-state index in [4.69, 9.17) is 9.26 Å². The van der Waals surface area contributed by atoms with Crippen LogP contribution in [0.25, 0.3) is 0 Å². The number of nitrogens with one attached hydrogen (secondary N) is 1. The molecular formula is C15H21N3O2. The molecule has 0 radical (unpaired) electrons. The molecule has 1 aromatic heterocycles. The van der Waals surface area contributed by atoms with Gasteiger partial charge in [-0.25, -0.2) is 0 Å². The van der Waals surface area contributed by atoms with Gasteiger partial charge in [-0.05, 0) is 31.2 Å². The first-order chi connectivity index (χ1) is 9.72. The van der Waals surface area contributed by atoms with Crippen molar-refractivity contribution < 1.29 is 9.26 Å². The molecule has 1 heterocycles. The largest absolute Gasteiger partial charge is 0.485 e. The maximum Gasteiger partial charge on any atom is 0.226 e.